The van der Waals surface area contributed by atoms with E-state index in [1.807, 2.05) is 50.2 Å². The number of anilines is 1. The first-order chi connectivity index (χ1) is 27.6. The smallest absolute Gasteiger partial charge is 0.274 e. The van der Waals surface area contributed by atoms with Crippen molar-refractivity contribution in [3.8, 4) is 5.88 Å². The van der Waals surface area contributed by atoms with E-state index in [4.69, 9.17) is 4.74 Å². The molecular weight excluding hydrogens is 763 g/mol. The molecule has 2 saturated carbocycles. The van der Waals surface area contributed by atoms with Gasteiger partial charge in [-0.05, 0) is 93.7 Å². The molecule has 3 fully saturated rings. The van der Waals surface area contributed by atoms with Crippen molar-refractivity contribution in [3.63, 3.8) is 0 Å². The molecule has 3 heterocycles. The summed E-state index contributed by atoms with van der Waals surface area (Å²) < 4.78 is 35.9. The van der Waals surface area contributed by atoms with Crippen LogP contribution < -0.4 is 30.6 Å². The van der Waals surface area contributed by atoms with E-state index < -0.39 is 68.5 Å². The van der Waals surface area contributed by atoms with E-state index in [9.17, 15) is 27.6 Å². The van der Waals surface area contributed by atoms with E-state index in [1.54, 1.807) is 43.3 Å². The average Bonchev–Trinajstić information content (AvgIpc) is 4.13. The number of benzene rings is 2. The van der Waals surface area contributed by atoms with Gasteiger partial charge in [0.05, 0.1) is 22.6 Å². The van der Waals surface area contributed by atoms with Crippen molar-refractivity contribution >= 4 is 50.1 Å². The lowest BCUT2D eigenvalue weighted by Crippen LogP contribution is -2.59. The van der Waals surface area contributed by atoms with Crippen molar-refractivity contribution in [2.75, 3.05) is 25.5 Å². The minimum absolute atomic E-state index is 0.00510. The summed E-state index contributed by atoms with van der Waals surface area (Å²) in [6.07, 6.45) is 6.18. The van der Waals surface area contributed by atoms with Crippen LogP contribution in [0.25, 0.3) is 10.8 Å². The SMILES string of the molecule is CCn1nc(O[C@@H]2C[C@H]3C(=O)N[C@]4(C(=O)NS(=O)(=O)C5CC5)C[C@H]4/C=C\CC[C@@H](C)C[C@@H](C)[C@H](NC(=O)c4ccc(N(C)C)cc4)C(=O)N3C2)c2ccccc2c1=O. The number of amides is 4. The zero-order chi connectivity index (χ0) is 41.5. The lowest BCUT2D eigenvalue weighted by molar-refractivity contribution is -0.142. The molecule has 2 aliphatic heterocycles. The molecule has 0 unspecified atom stereocenters. The van der Waals surface area contributed by atoms with Gasteiger partial charge in [-0.3, -0.25) is 28.7 Å². The van der Waals surface area contributed by atoms with Crippen LogP contribution in [0.4, 0.5) is 5.69 Å². The predicted octanol–water partition coefficient (Wildman–Crippen LogP) is 3.12. The summed E-state index contributed by atoms with van der Waals surface area (Å²) in [7, 11) is -0.125. The fraction of sp³-hybridized carbons (Fsp3) is 0.524. The number of nitrogens with zero attached hydrogens (tertiary/aromatic N) is 4. The van der Waals surface area contributed by atoms with Gasteiger partial charge in [0.15, 0.2) is 0 Å². The quantitative estimate of drug-likeness (QED) is 0.271. The van der Waals surface area contributed by atoms with Crippen LogP contribution in [-0.2, 0) is 31.0 Å². The van der Waals surface area contributed by atoms with Gasteiger partial charge in [-0.1, -0.05) is 38.1 Å². The Balaban J connectivity index is 1.24. The van der Waals surface area contributed by atoms with E-state index in [2.05, 4.69) is 27.4 Å². The average molecular weight is 816 g/mol. The highest BCUT2D eigenvalue weighted by molar-refractivity contribution is 7.91. The molecular formula is C42H53N7O8S. The molecule has 58 heavy (non-hydrogen) atoms. The number of aryl methyl sites for hydroxylation is 1. The van der Waals surface area contributed by atoms with E-state index in [-0.39, 0.29) is 49.2 Å². The topological polar surface area (TPSA) is 189 Å². The Bertz CT molecular complexity index is 2290. The van der Waals surface area contributed by atoms with Crippen LogP contribution in [0, 0.1) is 17.8 Å². The van der Waals surface area contributed by atoms with Gasteiger partial charge in [0.25, 0.3) is 17.4 Å². The van der Waals surface area contributed by atoms with E-state index >= 15 is 4.79 Å². The van der Waals surface area contributed by atoms with Gasteiger partial charge in [0.1, 0.15) is 23.7 Å². The number of hydrogen-bond donors (Lipinski definition) is 3. The maximum atomic E-state index is 15.0. The number of sulfonamides is 1. The maximum Gasteiger partial charge on any atom is 0.274 e. The number of fused-ring (bicyclic) bond motifs is 3. The molecule has 3 N–H and O–H groups in total. The molecule has 4 amide bonds. The number of ether oxygens (including phenoxy) is 1. The maximum absolute atomic E-state index is 15.0. The first-order valence-electron chi connectivity index (χ1n) is 20.2. The molecule has 3 aromatic rings. The summed E-state index contributed by atoms with van der Waals surface area (Å²) in [4.78, 5) is 73.7. The highest BCUT2D eigenvalue weighted by Gasteiger charge is 2.62. The Morgan fingerprint density at radius 1 is 1.00 bits per heavy atom. The highest BCUT2D eigenvalue weighted by atomic mass is 32.2. The fourth-order valence-corrected chi connectivity index (χ4v) is 9.66. The van der Waals surface area contributed by atoms with E-state index in [0.29, 0.717) is 42.0 Å². The van der Waals surface area contributed by atoms with Gasteiger partial charge in [-0.2, -0.15) is 0 Å². The molecule has 2 aromatic carbocycles. The van der Waals surface area contributed by atoms with Gasteiger partial charge >= 0.3 is 0 Å². The van der Waals surface area contributed by atoms with Crippen molar-refractivity contribution in [1.29, 1.82) is 0 Å². The normalized spacial score (nSPS) is 28.3. The van der Waals surface area contributed by atoms with Crippen LogP contribution >= 0.6 is 0 Å². The van der Waals surface area contributed by atoms with Crippen LogP contribution in [0.15, 0.2) is 65.5 Å². The molecule has 1 aromatic heterocycles. The number of aromatic nitrogens is 2. The van der Waals surface area contributed by atoms with Crippen LogP contribution in [-0.4, -0.2) is 96.3 Å². The summed E-state index contributed by atoms with van der Waals surface area (Å²) >= 11 is 0. The van der Waals surface area contributed by atoms with Gasteiger partial charge in [-0.25, -0.2) is 13.1 Å². The molecule has 0 bridgehead atoms. The van der Waals surface area contributed by atoms with Gasteiger partial charge in [0, 0.05) is 44.2 Å². The molecule has 7 atom stereocenters. The number of hydrogen-bond acceptors (Lipinski definition) is 10. The summed E-state index contributed by atoms with van der Waals surface area (Å²) in [5, 5.41) is 10.6. The van der Waals surface area contributed by atoms with Crippen molar-refractivity contribution in [3.05, 3.63) is 76.6 Å². The van der Waals surface area contributed by atoms with Crippen LogP contribution in [0.3, 0.4) is 0 Å². The standard InChI is InChI=1S/C42H53N7O8S/c1-6-49-39(52)33-14-10-9-13-32(33)38(45-49)57-30-22-34-37(51)44-42(41(54)46-58(55,56)31-19-20-31)23-28(42)12-8-7-11-25(2)21-26(3)35(40(53)48(34)24-30)43-36(50)27-15-17-29(18-16-27)47(4)5/h8-10,12-18,25-26,28,30-31,34-35H,6-7,11,19-24H2,1-5H3,(H,43,50)(H,44,51)(H,46,54)/b12-8-/t25-,26-,28-,30-,34+,35+,42-/m1/s1. The second kappa shape index (κ2) is 16.2. The molecule has 16 heteroatoms. The number of carbonyl (C=O) groups is 4. The lowest BCUT2D eigenvalue weighted by Gasteiger charge is -2.33. The number of rotatable bonds is 9. The number of carbonyl (C=O) groups excluding carboxylic acids is 4. The lowest BCUT2D eigenvalue weighted by atomic mass is 9.87. The first kappa shape index (κ1) is 40.9. The van der Waals surface area contributed by atoms with Gasteiger partial charge in [-0.15, -0.1) is 5.10 Å². The zero-order valence-corrected chi connectivity index (χ0v) is 34.5. The number of allylic oxidation sites excluding steroid dienone is 1. The molecule has 4 aliphatic rings. The molecule has 1 saturated heterocycles. The molecule has 15 nitrogen and oxygen atoms in total. The molecule has 0 spiro atoms. The summed E-state index contributed by atoms with van der Waals surface area (Å²) in [5.41, 5.74) is -0.545. The van der Waals surface area contributed by atoms with E-state index in [1.165, 1.54) is 9.58 Å². The van der Waals surface area contributed by atoms with Gasteiger partial charge < -0.3 is 25.2 Å². The van der Waals surface area contributed by atoms with Crippen LogP contribution in [0.2, 0.25) is 0 Å². The van der Waals surface area contributed by atoms with Crippen LogP contribution in [0.1, 0.15) is 76.1 Å². The van der Waals surface area contributed by atoms with Crippen molar-refractivity contribution in [2.24, 2.45) is 17.8 Å². The minimum atomic E-state index is -3.92. The molecule has 7 rings (SSSR count). The molecule has 310 valence electrons. The highest BCUT2D eigenvalue weighted by Crippen LogP contribution is 2.46. The monoisotopic (exact) mass is 815 g/mol. The molecule has 0 radical (unpaired) electrons. The third-order valence-electron chi connectivity index (χ3n) is 12.0. The largest absolute Gasteiger partial charge is 0.471 e. The second-order valence-corrected chi connectivity index (χ2v) is 18.6. The minimum Gasteiger partial charge on any atom is -0.471 e. The van der Waals surface area contributed by atoms with Crippen LogP contribution in [0.5, 0.6) is 5.88 Å². The zero-order valence-electron chi connectivity index (χ0n) is 33.6. The van der Waals surface area contributed by atoms with Crippen molar-refractivity contribution in [1.82, 2.24) is 30.0 Å². The summed E-state index contributed by atoms with van der Waals surface area (Å²) in [5.74, 6) is -2.88. The Morgan fingerprint density at radius 2 is 1.71 bits per heavy atom. The second-order valence-electron chi connectivity index (χ2n) is 16.6. The fourth-order valence-electron chi connectivity index (χ4n) is 8.30. The Hall–Kier alpha value is -5.25. The number of nitrogens with one attached hydrogen (secondary N) is 3. The third-order valence-corrected chi connectivity index (χ3v) is 13.8. The third kappa shape index (κ3) is 8.34. The Kier molecular flexibility index (Phi) is 11.4. The summed E-state index contributed by atoms with van der Waals surface area (Å²) in [6.45, 7) is 6.01. The van der Waals surface area contributed by atoms with Crippen molar-refractivity contribution < 1.29 is 32.3 Å². The first-order valence-corrected chi connectivity index (χ1v) is 21.8. The Morgan fingerprint density at radius 3 is 2.38 bits per heavy atom. The predicted molar refractivity (Wildman–Crippen MR) is 219 cm³/mol. The van der Waals surface area contributed by atoms with Gasteiger partial charge in [0.2, 0.25) is 27.7 Å². The Labute approximate surface area is 338 Å². The van der Waals surface area contributed by atoms with E-state index in [0.717, 1.165) is 12.1 Å². The van der Waals surface area contributed by atoms with Crippen molar-refractivity contribution in [2.45, 2.75) is 101 Å². The molecule has 2 aliphatic carbocycles. The summed E-state index contributed by atoms with van der Waals surface area (Å²) in [6, 6.07) is 11.8.